The maximum absolute atomic E-state index is 12.0. The molecule has 0 saturated carbocycles. The van der Waals surface area contributed by atoms with Crippen LogP contribution in [-0.2, 0) is 0 Å². The lowest BCUT2D eigenvalue weighted by Crippen LogP contribution is -2.61. The number of alkyl halides is 3. The molecule has 0 radical (unpaired) electrons. The van der Waals surface area contributed by atoms with E-state index in [1.54, 1.807) is 0 Å². The SMILES string of the molecule is FC(F)(F)CN1CC2(CCNCC2)C1. The minimum atomic E-state index is -4.03. The van der Waals surface area contributed by atoms with E-state index in [1.165, 1.54) is 4.90 Å². The summed E-state index contributed by atoms with van der Waals surface area (Å²) < 4.78 is 36.1. The minimum Gasteiger partial charge on any atom is -0.317 e. The molecule has 2 nitrogen and oxygen atoms in total. The van der Waals surface area contributed by atoms with Crippen LogP contribution in [0.15, 0.2) is 0 Å². The Labute approximate surface area is 81.5 Å². The van der Waals surface area contributed by atoms with Crippen molar-refractivity contribution in [3.05, 3.63) is 0 Å². The molecule has 2 aliphatic heterocycles. The lowest BCUT2D eigenvalue weighted by Gasteiger charge is -2.52. The van der Waals surface area contributed by atoms with Crippen molar-refractivity contribution in [3.63, 3.8) is 0 Å². The predicted octanol–water partition coefficient (Wildman–Crippen LogP) is 1.23. The van der Waals surface area contributed by atoms with Crippen LogP contribution < -0.4 is 5.32 Å². The van der Waals surface area contributed by atoms with Gasteiger partial charge in [-0.1, -0.05) is 0 Å². The van der Waals surface area contributed by atoms with Gasteiger partial charge in [-0.2, -0.15) is 13.2 Å². The molecule has 5 heteroatoms. The molecule has 1 N–H and O–H groups in total. The molecule has 0 aliphatic carbocycles. The molecule has 82 valence electrons. The average Bonchev–Trinajstić information content (AvgIpc) is 2.00. The number of halogens is 3. The summed E-state index contributed by atoms with van der Waals surface area (Å²) in [7, 11) is 0. The highest BCUT2D eigenvalue weighted by molar-refractivity contribution is 4.97. The highest BCUT2D eigenvalue weighted by Gasteiger charge is 2.46. The van der Waals surface area contributed by atoms with Crippen LogP contribution in [0.1, 0.15) is 12.8 Å². The fourth-order valence-corrected chi connectivity index (χ4v) is 2.54. The van der Waals surface area contributed by atoms with Crippen molar-refractivity contribution in [2.75, 3.05) is 32.7 Å². The quantitative estimate of drug-likeness (QED) is 0.697. The van der Waals surface area contributed by atoms with Gasteiger partial charge >= 0.3 is 6.18 Å². The Hall–Kier alpha value is -0.290. The first kappa shape index (κ1) is 10.2. The molecule has 1 spiro atoms. The molecule has 0 unspecified atom stereocenters. The number of piperidine rings is 1. The molecule has 0 aromatic carbocycles. The molecule has 0 atom stereocenters. The van der Waals surface area contributed by atoms with Crippen molar-refractivity contribution in [1.82, 2.24) is 10.2 Å². The number of hydrogen-bond acceptors (Lipinski definition) is 2. The van der Waals surface area contributed by atoms with Crippen LogP contribution in [-0.4, -0.2) is 43.8 Å². The smallest absolute Gasteiger partial charge is 0.317 e. The van der Waals surface area contributed by atoms with Crippen LogP contribution in [0, 0.1) is 5.41 Å². The van der Waals surface area contributed by atoms with E-state index >= 15 is 0 Å². The van der Waals surface area contributed by atoms with Crippen molar-refractivity contribution < 1.29 is 13.2 Å². The van der Waals surface area contributed by atoms with Crippen LogP contribution in [0.25, 0.3) is 0 Å². The van der Waals surface area contributed by atoms with Gasteiger partial charge in [0.1, 0.15) is 0 Å². The molecule has 0 amide bonds. The van der Waals surface area contributed by atoms with E-state index < -0.39 is 12.7 Å². The molecule has 2 saturated heterocycles. The molecule has 0 aromatic rings. The largest absolute Gasteiger partial charge is 0.401 e. The number of nitrogens with one attached hydrogen (secondary N) is 1. The zero-order valence-electron chi connectivity index (χ0n) is 8.03. The van der Waals surface area contributed by atoms with Crippen LogP contribution >= 0.6 is 0 Å². The van der Waals surface area contributed by atoms with Gasteiger partial charge in [-0.3, -0.25) is 4.90 Å². The summed E-state index contributed by atoms with van der Waals surface area (Å²) in [5.74, 6) is 0. The average molecular weight is 208 g/mol. The van der Waals surface area contributed by atoms with Crippen LogP contribution in [0.3, 0.4) is 0 Å². The maximum atomic E-state index is 12.0. The Morgan fingerprint density at radius 2 is 1.71 bits per heavy atom. The Bertz CT molecular complexity index is 201. The van der Waals surface area contributed by atoms with Crippen molar-refractivity contribution in [3.8, 4) is 0 Å². The Kier molecular flexibility index (Phi) is 2.47. The fourth-order valence-electron chi connectivity index (χ4n) is 2.54. The molecular formula is C9H15F3N2. The van der Waals surface area contributed by atoms with Crippen molar-refractivity contribution in [1.29, 1.82) is 0 Å². The molecular weight excluding hydrogens is 193 g/mol. The summed E-state index contributed by atoms with van der Waals surface area (Å²) in [4.78, 5) is 1.51. The first-order valence-corrected chi connectivity index (χ1v) is 4.99. The Morgan fingerprint density at radius 3 is 2.21 bits per heavy atom. The molecule has 14 heavy (non-hydrogen) atoms. The highest BCUT2D eigenvalue weighted by Crippen LogP contribution is 2.39. The van der Waals surface area contributed by atoms with Gasteiger partial charge in [0.05, 0.1) is 6.54 Å². The first-order chi connectivity index (χ1) is 6.49. The summed E-state index contributed by atoms with van der Waals surface area (Å²) in [6, 6.07) is 0. The summed E-state index contributed by atoms with van der Waals surface area (Å²) in [5, 5.41) is 3.23. The van der Waals surface area contributed by atoms with Gasteiger partial charge in [0.25, 0.3) is 0 Å². The molecule has 2 heterocycles. The fraction of sp³-hybridized carbons (Fsp3) is 1.00. The summed E-state index contributed by atoms with van der Waals surface area (Å²) in [6.07, 6.45) is -1.97. The van der Waals surface area contributed by atoms with Gasteiger partial charge in [-0.25, -0.2) is 0 Å². The zero-order valence-corrected chi connectivity index (χ0v) is 8.03. The number of likely N-dealkylation sites (tertiary alicyclic amines) is 1. The Balaban J connectivity index is 1.78. The molecule has 2 aliphatic rings. The van der Waals surface area contributed by atoms with Crippen molar-refractivity contribution in [2.45, 2.75) is 19.0 Å². The van der Waals surface area contributed by atoms with E-state index in [2.05, 4.69) is 5.32 Å². The van der Waals surface area contributed by atoms with E-state index in [4.69, 9.17) is 0 Å². The van der Waals surface area contributed by atoms with Gasteiger partial charge in [0, 0.05) is 13.1 Å². The van der Waals surface area contributed by atoms with E-state index in [-0.39, 0.29) is 5.41 Å². The summed E-state index contributed by atoms with van der Waals surface area (Å²) in [5.41, 5.74) is 0.205. The lowest BCUT2D eigenvalue weighted by atomic mass is 9.72. The monoisotopic (exact) mass is 208 g/mol. The zero-order chi connectivity index (χ0) is 10.2. The van der Waals surface area contributed by atoms with Crippen molar-refractivity contribution in [2.24, 2.45) is 5.41 Å². The van der Waals surface area contributed by atoms with Gasteiger partial charge in [-0.15, -0.1) is 0 Å². The second-order valence-electron chi connectivity index (χ2n) is 4.51. The van der Waals surface area contributed by atoms with Gasteiger partial charge < -0.3 is 5.32 Å². The number of rotatable bonds is 1. The van der Waals surface area contributed by atoms with Crippen LogP contribution in [0.4, 0.5) is 13.2 Å². The summed E-state index contributed by atoms with van der Waals surface area (Å²) in [6.45, 7) is 2.45. The molecule has 0 bridgehead atoms. The topological polar surface area (TPSA) is 15.3 Å². The number of nitrogens with zero attached hydrogens (tertiary/aromatic N) is 1. The van der Waals surface area contributed by atoms with E-state index in [9.17, 15) is 13.2 Å². The first-order valence-electron chi connectivity index (χ1n) is 4.99. The molecule has 2 rings (SSSR count). The second-order valence-corrected chi connectivity index (χ2v) is 4.51. The van der Waals surface area contributed by atoms with Crippen molar-refractivity contribution >= 4 is 0 Å². The normalized spacial score (nSPS) is 27.6. The van der Waals surface area contributed by atoms with E-state index in [0.29, 0.717) is 13.1 Å². The third-order valence-corrected chi connectivity index (χ3v) is 3.19. The van der Waals surface area contributed by atoms with Gasteiger partial charge in [-0.05, 0) is 31.3 Å². The number of hydrogen-bond donors (Lipinski definition) is 1. The third-order valence-electron chi connectivity index (χ3n) is 3.19. The van der Waals surface area contributed by atoms with Crippen LogP contribution in [0.2, 0.25) is 0 Å². The van der Waals surface area contributed by atoms with Crippen LogP contribution in [0.5, 0.6) is 0 Å². The Morgan fingerprint density at radius 1 is 1.14 bits per heavy atom. The van der Waals surface area contributed by atoms with E-state index in [0.717, 1.165) is 25.9 Å². The second kappa shape index (κ2) is 3.38. The van der Waals surface area contributed by atoms with E-state index in [1.807, 2.05) is 0 Å². The predicted molar refractivity (Wildman–Crippen MR) is 47.0 cm³/mol. The maximum Gasteiger partial charge on any atom is 0.401 e. The third kappa shape index (κ3) is 2.20. The summed E-state index contributed by atoms with van der Waals surface area (Å²) >= 11 is 0. The minimum absolute atomic E-state index is 0.205. The molecule has 2 fully saturated rings. The highest BCUT2D eigenvalue weighted by atomic mass is 19.4. The molecule has 0 aromatic heterocycles. The standard InChI is InChI=1S/C9H15F3N2/c10-9(11,12)7-14-5-8(6-14)1-3-13-4-2-8/h13H,1-7H2. The van der Waals surface area contributed by atoms with Gasteiger partial charge in [0.15, 0.2) is 0 Å². The van der Waals surface area contributed by atoms with Gasteiger partial charge in [0.2, 0.25) is 0 Å². The lowest BCUT2D eigenvalue weighted by molar-refractivity contribution is -0.172.